The Morgan fingerprint density at radius 1 is 1.34 bits per heavy atom. The van der Waals surface area contributed by atoms with Gasteiger partial charge in [0.25, 0.3) is 0 Å². The number of hydrogen-bond acceptors (Lipinski definition) is 5. The van der Waals surface area contributed by atoms with Crippen LogP contribution in [-0.2, 0) is 6.42 Å². The molecule has 0 fully saturated rings. The van der Waals surface area contributed by atoms with E-state index in [-0.39, 0.29) is 35.1 Å². The van der Waals surface area contributed by atoms with Crippen molar-refractivity contribution < 1.29 is 26.4 Å². The molecule has 3 aromatic rings. The molecule has 2 aromatic carbocycles. The third-order valence-electron chi connectivity index (χ3n) is 3.98. The van der Waals surface area contributed by atoms with E-state index in [1.54, 1.807) is 30.5 Å². The number of rotatable bonds is 6. The van der Waals surface area contributed by atoms with Gasteiger partial charge in [0.1, 0.15) is 0 Å². The van der Waals surface area contributed by atoms with Crippen LogP contribution in [0.2, 0.25) is 0 Å². The summed E-state index contributed by atoms with van der Waals surface area (Å²) in [7, 11) is 0. The first kappa shape index (κ1) is 21.9. The summed E-state index contributed by atoms with van der Waals surface area (Å²) in [5, 5.41) is 17.5. The molecule has 9 heteroatoms. The third kappa shape index (κ3) is 5.23. The fraction of sp³-hybridized carbons (Fsp3) is 0.0500. The van der Waals surface area contributed by atoms with Crippen molar-refractivity contribution in [3.8, 4) is 17.6 Å². The maximum atomic E-state index is 15.2. The van der Waals surface area contributed by atoms with Gasteiger partial charge in [0, 0.05) is 6.20 Å². The van der Waals surface area contributed by atoms with Gasteiger partial charge in [0.05, 0.1) is 0 Å². The molecule has 3 rings (SSSR count). The molecule has 0 saturated carbocycles. The molecular weight excluding hydrogens is 665 g/mol. The second-order valence-electron chi connectivity index (χ2n) is 5.93. The van der Waals surface area contributed by atoms with Gasteiger partial charge in [-0.2, -0.15) is 0 Å². The quantitative estimate of drug-likeness (QED) is 0.310. The fourth-order valence-electron chi connectivity index (χ4n) is 2.59. The van der Waals surface area contributed by atoms with E-state index in [0.717, 1.165) is 3.57 Å². The Labute approximate surface area is 195 Å². The molecule has 5 nitrogen and oxygen atoms in total. The molecule has 1 heterocycles. The first-order valence-electron chi connectivity index (χ1n) is 8.16. The Kier molecular flexibility index (Phi) is 7.42. The van der Waals surface area contributed by atoms with Gasteiger partial charge in [-0.1, -0.05) is 0 Å². The molecule has 148 valence electrons. The van der Waals surface area contributed by atoms with Crippen LogP contribution in [0.4, 0.5) is 10.1 Å². The number of anilines is 1. The fourth-order valence-corrected chi connectivity index (χ4v) is 5.44. The van der Waals surface area contributed by atoms with Crippen molar-refractivity contribution in [1.29, 1.82) is 10.7 Å². The van der Waals surface area contributed by atoms with Crippen LogP contribution in [0.5, 0.6) is 11.5 Å². The Hall–Kier alpha value is -1.78. The summed E-state index contributed by atoms with van der Waals surface area (Å²) in [4.78, 5) is 3.98. The van der Waals surface area contributed by atoms with Crippen molar-refractivity contribution in [2.45, 2.75) is 6.42 Å². The summed E-state index contributed by atoms with van der Waals surface area (Å²) in [6, 6.07) is 12.2. The van der Waals surface area contributed by atoms with Crippen LogP contribution >= 0.6 is 34.5 Å². The zero-order chi connectivity index (χ0) is 21.0. The van der Waals surface area contributed by atoms with Crippen LogP contribution in [0.15, 0.2) is 53.3 Å². The van der Waals surface area contributed by atoms with Gasteiger partial charge in [0.15, 0.2) is 0 Å². The average Bonchev–Trinajstić information content (AvgIpc) is 2.73. The van der Waals surface area contributed by atoms with Gasteiger partial charge >= 0.3 is 191 Å². The Morgan fingerprint density at radius 2 is 2.14 bits per heavy atom. The number of aromatic nitrogens is 1. The SMILES string of the molecule is N#Cc1cc(Oc2c(Br)ccc(CC(=N)c3cnccc3N)c2F)cc([I-]I)c1. The number of nitriles is 1. The number of halogens is 4. The van der Waals surface area contributed by atoms with Crippen LogP contribution < -0.4 is 27.7 Å². The predicted molar refractivity (Wildman–Crippen MR) is 117 cm³/mol. The summed E-state index contributed by atoms with van der Waals surface area (Å²) >= 11 is 5.34. The minimum absolute atomic E-state index is 0.0159. The molecule has 0 unspecified atom stereocenters. The second-order valence-corrected chi connectivity index (χ2v) is 11.2. The summed E-state index contributed by atoms with van der Waals surface area (Å²) in [5.74, 6) is -0.152. The molecule has 0 aliphatic heterocycles. The van der Waals surface area contributed by atoms with Crippen LogP contribution in [0.25, 0.3) is 0 Å². The van der Waals surface area contributed by atoms with E-state index in [0.29, 0.717) is 32.6 Å². The monoisotopic (exact) mass is 677 g/mol. The molecule has 0 atom stereocenters. The van der Waals surface area contributed by atoms with E-state index < -0.39 is 5.82 Å². The summed E-state index contributed by atoms with van der Waals surface area (Å²) in [5.41, 5.74) is 7.71. The van der Waals surface area contributed by atoms with Gasteiger partial charge in [-0.3, -0.25) is 0 Å². The number of benzene rings is 2. The van der Waals surface area contributed by atoms with Gasteiger partial charge in [-0.25, -0.2) is 0 Å². The number of nitrogens with two attached hydrogens (primary N) is 1. The van der Waals surface area contributed by atoms with Crippen molar-refractivity contribution in [2.24, 2.45) is 0 Å². The third-order valence-corrected chi connectivity index (χ3v) is 8.86. The van der Waals surface area contributed by atoms with E-state index in [9.17, 15) is 5.26 Å². The molecule has 1 aromatic heterocycles. The Morgan fingerprint density at radius 3 is 2.83 bits per heavy atom. The summed E-state index contributed by atoms with van der Waals surface area (Å²) in [6.45, 7) is 0. The van der Waals surface area contributed by atoms with E-state index >= 15 is 4.39 Å². The van der Waals surface area contributed by atoms with Crippen molar-refractivity contribution in [2.75, 3.05) is 5.73 Å². The normalized spacial score (nSPS) is 10.6. The van der Waals surface area contributed by atoms with Crippen LogP contribution in [0.3, 0.4) is 0 Å². The summed E-state index contributed by atoms with van der Waals surface area (Å²) in [6.07, 6.45) is 3.07. The van der Waals surface area contributed by atoms with Gasteiger partial charge in [-0.15, -0.1) is 0 Å². The molecule has 3 N–H and O–H groups in total. The zero-order valence-corrected chi connectivity index (χ0v) is 20.6. The van der Waals surface area contributed by atoms with Crippen LogP contribution in [-0.4, -0.2) is 10.7 Å². The summed E-state index contributed by atoms with van der Waals surface area (Å²) < 4.78 is 22.5. The zero-order valence-electron chi connectivity index (χ0n) is 14.7. The van der Waals surface area contributed by atoms with Crippen LogP contribution in [0.1, 0.15) is 16.7 Å². The maximum absolute atomic E-state index is 15.2. The standard InChI is InChI=1S/C20H13BrFI2N4O/c21-16-2-1-12(7-18(27)15-10-28-4-3-17(15)26)19(22)20(16)29-14-6-11(9-25)5-13(8-14)24-23/h1-6,8,10,27H,7H2,(H2,26,28)/q-1. The molecule has 0 aliphatic carbocycles. The molecule has 0 amide bonds. The second kappa shape index (κ2) is 9.82. The molecule has 0 radical (unpaired) electrons. The first-order valence-corrected chi connectivity index (χ1v) is 16.3. The van der Waals surface area contributed by atoms with Crippen molar-refractivity contribution in [1.82, 2.24) is 4.98 Å². The molecule has 0 bridgehead atoms. The minimum atomic E-state index is -0.570. The number of ether oxygens (including phenoxy) is 1. The molecule has 29 heavy (non-hydrogen) atoms. The molecule has 0 spiro atoms. The van der Waals surface area contributed by atoms with Crippen molar-refractivity contribution in [3.63, 3.8) is 0 Å². The number of pyridine rings is 1. The van der Waals surface area contributed by atoms with E-state index in [1.807, 2.05) is 12.1 Å². The van der Waals surface area contributed by atoms with Gasteiger partial charge in [-0.05, 0) is 0 Å². The number of nitrogens with one attached hydrogen (secondary N) is 1. The van der Waals surface area contributed by atoms with E-state index in [4.69, 9.17) is 15.9 Å². The van der Waals surface area contributed by atoms with Crippen molar-refractivity contribution in [3.05, 3.63) is 79.3 Å². The molecular formula is C20H13BrFI2N4O-. The number of nitrogens with zero attached hydrogens (tertiary/aromatic N) is 2. The van der Waals surface area contributed by atoms with Crippen LogP contribution in [0, 0.1) is 26.1 Å². The number of nitrogen functional groups attached to an aromatic ring is 1. The van der Waals surface area contributed by atoms with Gasteiger partial charge in [0.2, 0.25) is 0 Å². The molecule has 0 saturated heterocycles. The average molecular weight is 678 g/mol. The Balaban J connectivity index is 1.93. The van der Waals surface area contributed by atoms with Crippen molar-refractivity contribution >= 4 is 45.9 Å². The Bertz CT molecular complexity index is 1130. The van der Waals surface area contributed by atoms with Gasteiger partial charge < -0.3 is 0 Å². The predicted octanol–water partition coefficient (Wildman–Crippen LogP) is 2.45. The van der Waals surface area contributed by atoms with E-state index in [2.05, 4.69) is 45.6 Å². The first-order chi connectivity index (χ1) is 13.9. The number of hydrogen-bond donors (Lipinski definition) is 2. The topological polar surface area (TPSA) is 95.8 Å². The van der Waals surface area contributed by atoms with E-state index in [1.165, 1.54) is 6.20 Å². The molecule has 0 aliphatic rings.